The minimum Gasteiger partial charge on any atom is -0.311 e. The van der Waals surface area contributed by atoms with Crippen LogP contribution in [0, 0.1) is 0 Å². The Bertz CT molecular complexity index is 3290. The summed E-state index contributed by atoms with van der Waals surface area (Å²) in [5.41, 5.74) is 17.9. The molecule has 0 saturated heterocycles. The predicted molar refractivity (Wildman–Crippen MR) is 286 cm³/mol. The molecule has 0 aliphatic rings. The number of hydrogen-bond donors (Lipinski definition) is 0. The molecule has 0 spiro atoms. The summed E-state index contributed by atoms with van der Waals surface area (Å²) in [4.78, 5) is 2.37. The third-order valence-corrected chi connectivity index (χ3v) is 13.3. The molecular weight excluding hydrogens is 807 g/mol. The van der Waals surface area contributed by atoms with Gasteiger partial charge in [-0.1, -0.05) is 218 Å². The second-order valence-electron chi connectivity index (χ2n) is 17.3. The molecule has 0 aliphatic heterocycles. The average Bonchev–Trinajstić information content (AvgIpc) is 3.41. The van der Waals surface area contributed by atoms with Crippen LogP contribution >= 0.6 is 0 Å². The van der Waals surface area contributed by atoms with E-state index in [4.69, 9.17) is 0 Å². The number of anilines is 3. The van der Waals surface area contributed by atoms with E-state index in [9.17, 15) is 0 Å². The van der Waals surface area contributed by atoms with Gasteiger partial charge in [-0.05, 0) is 154 Å². The zero-order chi connectivity index (χ0) is 44.5. The molecule has 0 fully saturated rings. The van der Waals surface area contributed by atoms with Gasteiger partial charge in [0.15, 0.2) is 0 Å². The highest BCUT2D eigenvalue weighted by atomic mass is 15.1. The molecule has 12 aromatic carbocycles. The Labute approximate surface area is 392 Å². The van der Waals surface area contributed by atoms with Crippen molar-refractivity contribution in [2.45, 2.75) is 0 Å². The van der Waals surface area contributed by atoms with E-state index in [2.05, 4.69) is 278 Å². The lowest BCUT2D eigenvalue weighted by Gasteiger charge is -2.26. The summed E-state index contributed by atoms with van der Waals surface area (Å²) in [6.07, 6.45) is 0. The zero-order valence-electron chi connectivity index (χ0n) is 36.9. The number of nitrogens with zero attached hydrogens (tertiary/aromatic N) is 1. The zero-order valence-corrected chi connectivity index (χ0v) is 36.9. The Morgan fingerprint density at radius 2 is 0.448 bits per heavy atom. The maximum atomic E-state index is 2.37. The Balaban J connectivity index is 0.910. The van der Waals surface area contributed by atoms with Crippen LogP contribution in [0.1, 0.15) is 0 Å². The van der Waals surface area contributed by atoms with Crippen LogP contribution in [-0.4, -0.2) is 0 Å². The fourth-order valence-electron chi connectivity index (χ4n) is 9.85. The summed E-state index contributed by atoms with van der Waals surface area (Å²) in [5.74, 6) is 0. The molecule has 12 aromatic rings. The summed E-state index contributed by atoms with van der Waals surface area (Å²) >= 11 is 0. The quantitative estimate of drug-likeness (QED) is 0.140. The van der Waals surface area contributed by atoms with E-state index in [0.717, 1.165) is 17.1 Å². The summed E-state index contributed by atoms with van der Waals surface area (Å²) in [5, 5.41) is 7.42. The Kier molecular flexibility index (Phi) is 10.3. The van der Waals surface area contributed by atoms with Gasteiger partial charge in [-0.2, -0.15) is 0 Å². The predicted octanol–water partition coefficient (Wildman–Crippen LogP) is 18.6. The van der Waals surface area contributed by atoms with Crippen LogP contribution in [0.25, 0.3) is 99.1 Å². The van der Waals surface area contributed by atoms with Gasteiger partial charge in [0.25, 0.3) is 0 Å². The largest absolute Gasteiger partial charge is 0.311 e. The summed E-state index contributed by atoms with van der Waals surface area (Å²) in [6.45, 7) is 0. The molecule has 0 radical (unpaired) electrons. The highest BCUT2D eigenvalue weighted by Gasteiger charge is 2.16. The van der Waals surface area contributed by atoms with Gasteiger partial charge in [0.1, 0.15) is 0 Å². The van der Waals surface area contributed by atoms with E-state index in [1.54, 1.807) is 0 Å². The van der Waals surface area contributed by atoms with Crippen molar-refractivity contribution >= 4 is 49.4 Å². The SMILES string of the molecule is c1ccc(-c2ccc3c(-c4ccc(N(c5ccc(-c6cccc7cc(-c8ccccc8)ccc67)cc5)c5ccc(-c6cccc7cc(-c8ccccc8)ccc67)cc5)cc4)cccc3c2)cc1. The third-order valence-electron chi connectivity index (χ3n) is 13.3. The smallest absolute Gasteiger partial charge is 0.0462 e. The molecule has 0 heterocycles. The minimum absolute atomic E-state index is 1.09. The molecule has 0 N–H and O–H groups in total. The molecule has 0 unspecified atom stereocenters. The van der Waals surface area contributed by atoms with Crippen molar-refractivity contribution in [2.24, 2.45) is 0 Å². The van der Waals surface area contributed by atoms with Crippen LogP contribution in [-0.2, 0) is 0 Å². The van der Waals surface area contributed by atoms with Crippen LogP contribution in [0.15, 0.2) is 273 Å². The third kappa shape index (κ3) is 7.73. The van der Waals surface area contributed by atoms with Gasteiger partial charge < -0.3 is 4.90 Å². The Hall–Kier alpha value is -8.78. The number of fused-ring (bicyclic) bond motifs is 3. The highest BCUT2D eigenvalue weighted by molar-refractivity contribution is 6.02. The monoisotopic (exact) mass is 851 g/mol. The highest BCUT2D eigenvalue weighted by Crippen LogP contribution is 2.41. The maximum absolute atomic E-state index is 2.37. The van der Waals surface area contributed by atoms with Crippen LogP contribution < -0.4 is 4.90 Å². The van der Waals surface area contributed by atoms with Crippen molar-refractivity contribution in [1.29, 1.82) is 0 Å². The van der Waals surface area contributed by atoms with Gasteiger partial charge in [0, 0.05) is 17.1 Å². The molecule has 67 heavy (non-hydrogen) atoms. The normalized spacial score (nSPS) is 11.3. The van der Waals surface area contributed by atoms with Gasteiger partial charge in [0.2, 0.25) is 0 Å². The van der Waals surface area contributed by atoms with Gasteiger partial charge in [-0.15, -0.1) is 0 Å². The molecule has 314 valence electrons. The number of benzene rings is 12. The second-order valence-corrected chi connectivity index (χ2v) is 17.3. The van der Waals surface area contributed by atoms with Crippen molar-refractivity contribution in [3.8, 4) is 66.8 Å². The first-order chi connectivity index (χ1) is 33.2. The van der Waals surface area contributed by atoms with Crippen molar-refractivity contribution in [3.63, 3.8) is 0 Å². The minimum atomic E-state index is 1.09. The van der Waals surface area contributed by atoms with Crippen LogP contribution in [0.2, 0.25) is 0 Å². The van der Waals surface area contributed by atoms with Gasteiger partial charge in [-0.3, -0.25) is 0 Å². The number of hydrogen-bond acceptors (Lipinski definition) is 1. The Morgan fingerprint density at radius 1 is 0.179 bits per heavy atom. The summed E-state index contributed by atoms with van der Waals surface area (Å²) in [6, 6.07) is 99.4. The standard InChI is InChI=1S/C66H45N/c1-4-13-46(14-5-1)52-31-40-64-55(43-52)19-10-22-61(64)49-25-34-58(35-26-49)67(59-36-27-50(28-37-59)62-23-11-20-56-44-53(32-41-65(56)62)47-15-6-2-7-16-47)60-38-29-51(30-39-60)63-24-12-21-57-45-54(33-42-66(57)63)48-17-8-3-9-18-48/h1-45H. The molecule has 0 amide bonds. The molecule has 0 saturated carbocycles. The van der Waals surface area contributed by atoms with E-state index >= 15 is 0 Å². The first-order valence-corrected chi connectivity index (χ1v) is 23.1. The molecule has 0 atom stereocenters. The molecule has 1 heteroatoms. The van der Waals surface area contributed by atoms with Crippen LogP contribution in [0.5, 0.6) is 0 Å². The first kappa shape index (κ1) is 39.8. The van der Waals surface area contributed by atoms with Gasteiger partial charge >= 0.3 is 0 Å². The Morgan fingerprint density at radius 3 is 0.731 bits per heavy atom. The summed E-state index contributed by atoms with van der Waals surface area (Å²) in [7, 11) is 0. The van der Waals surface area contributed by atoms with E-state index in [1.165, 1.54) is 99.1 Å². The van der Waals surface area contributed by atoms with E-state index in [0.29, 0.717) is 0 Å². The second kappa shape index (κ2) is 17.3. The fraction of sp³-hybridized carbons (Fsp3) is 0. The van der Waals surface area contributed by atoms with E-state index in [1.807, 2.05) is 0 Å². The van der Waals surface area contributed by atoms with Crippen molar-refractivity contribution in [3.05, 3.63) is 273 Å². The van der Waals surface area contributed by atoms with Crippen molar-refractivity contribution in [1.82, 2.24) is 0 Å². The molecule has 12 rings (SSSR count). The van der Waals surface area contributed by atoms with Crippen molar-refractivity contribution in [2.75, 3.05) is 4.90 Å². The van der Waals surface area contributed by atoms with E-state index < -0.39 is 0 Å². The van der Waals surface area contributed by atoms with Crippen LogP contribution in [0.4, 0.5) is 17.1 Å². The fourth-order valence-corrected chi connectivity index (χ4v) is 9.85. The molecule has 1 nitrogen and oxygen atoms in total. The van der Waals surface area contributed by atoms with Gasteiger partial charge in [-0.25, -0.2) is 0 Å². The first-order valence-electron chi connectivity index (χ1n) is 23.1. The lowest BCUT2D eigenvalue weighted by atomic mass is 9.94. The molecular formula is C66H45N. The maximum Gasteiger partial charge on any atom is 0.0462 e. The van der Waals surface area contributed by atoms with Crippen molar-refractivity contribution < 1.29 is 0 Å². The average molecular weight is 852 g/mol. The van der Waals surface area contributed by atoms with Gasteiger partial charge in [0.05, 0.1) is 0 Å². The number of rotatable bonds is 9. The molecule has 0 aromatic heterocycles. The molecule has 0 aliphatic carbocycles. The lowest BCUT2D eigenvalue weighted by molar-refractivity contribution is 1.28. The topological polar surface area (TPSA) is 3.24 Å². The summed E-state index contributed by atoms with van der Waals surface area (Å²) < 4.78 is 0. The molecule has 0 bridgehead atoms. The van der Waals surface area contributed by atoms with E-state index in [-0.39, 0.29) is 0 Å². The van der Waals surface area contributed by atoms with Crippen LogP contribution in [0.3, 0.4) is 0 Å². The lowest BCUT2D eigenvalue weighted by Crippen LogP contribution is -2.09.